The fourth-order valence-corrected chi connectivity index (χ4v) is 2.51. The molecule has 1 aromatic rings. The van der Waals surface area contributed by atoms with E-state index < -0.39 is 0 Å². The zero-order valence-corrected chi connectivity index (χ0v) is 11.7. The summed E-state index contributed by atoms with van der Waals surface area (Å²) in [5.74, 6) is 1.02. The molecule has 0 spiro atoms. The predicted octanol–water partition coefficient (Wildman–Crippen LogP) is 1.41. The lowest BCUT2D eigenvalue weighted by Gasteiger charge is -2.43. The first kappa shape index (κ1) is 13.3. The molecule has 2 atom stereocenters. The molecule has 0 saturated carbocycles. The molecule has 100 valence electrons. The van der Waals surface area contributed by atoms with Gasteiger partial charge in [0, 0.05) is 30.9 Å². The first-order chi connectivity index (χ1) is 8.52. The van der Waals surface area contributed by atoms with E-state index in [1.54, 1.807) is 0 Å². The van der Waals surface area contributed by atoms with Gasteiger partial charge in [-0.05, 0) is 39.4 Å². The number of nitrogens with zero attached hydrogens (tertiary/aromatic N) is 3. The van der Waals surface area contributed by atoms with Crippen LogP contribution >= 0.6 is 0 Å². The number of aliphatic hydroxyl groups is 1. The Morgan fingerprint density at radius 2 is 1.89 bits per heavy atom. The van der Waals surface area contributed by atoms with Crippen molar-refractivity contribution in [2.24, 2.45) is 0 Å². The minimum absolute atomic E-state index is 0.0641. The Hall–Kier alpha value is -1.13. The molecule has 2 unspecified atom stereocenters. The second kappa shape index (κ2) is 5.24. The molecule has 4 nitrogen and oxygen atoms in total. The largest absolute Gasteiger partial charge is 0.392 e. The number of aromatic nitrogens is 1. The van der Waals surface area contributed by atoms with Crippen molar-refractivity contribution >= 4 is 5.82 Å². The van der Waals surface area contributed by atoms with E-state index in [4.69, 9.17) is 0 Å². The van der Waals surface area contributed by atoms with Gasteiger partial charge in [0.2, 0.25) is 0 Å². The summed E-state index contributed by atoms with van der Waals surface area (Å²) in [6, 6.07) is 5.07. The minimum atomic E-state index is 0.0641. The van der Waals surface area contributed by atoms with E-state index in [0.717, 1.165) is 30.2 Å². The summed E-state index contributed by atoms with van der Waals surface area (Å²) < 4.78 is 0. The molecule has 1 aliphatic rings. The number of likely N-dealkylation sites (N-methyl/N-ethyl adjacent to an activating group) is 1. The van der Waals surface area contributed by atoms with Crippen molar-refractivity contribution in [2.75, 3.05) is 25.0 Å². The first-order valence-corrected chi connectivity index (χ1v) is 6.57. The maximum absolute atomic E-state index is 9.18. The number of aryl methyl sites for hydroxylation is 1. The molecule has 2 rings (SSSR count). The average molecular weight is 249 g/mol. The van der Waals surface area contributed by atoms with E-state index in [-0.39, 0.29) is 6.61 Å². The van der Waals surface area contributed by atoms with E-state index in [0.29, 0.717) is 12.1 Å². The third-order valence-corrected chi connectivity index (χ3v) is 4.03. The smallest absolute Gasteiger partial charge is 0.128 e. The summed E-state index contributed by atoms with van der Waals surface area (Å²) >= 11 is 0. The summed E-state index contributed by atoms with van der Waals surface area (Å²) in [6.45, 7) is 8.53. The van der Waals surface area contributed by atoms with Crippen LogP contribution in [0.4, 0.5) is 5.82 Å². The van der Waals surface area contributed by atoms with Crippen LogP contribution in [0.3, 0.4) is 0 Å². The van der Waals surface area contributed by atoms with Crippen molar-refractivity contribution in [2.45, 2.75) is 39.5 Å². The highest BCUT2D eigenvalue weighted by Gasteiger charge is 2.27. The Morgan fingerprint density at radius 3 is 2.39 bits per heavy atom. The molecule has 1 saturated heterocycles. The summed E-state index contributed by atoms with van der Waals surface area (Å²) in [4.78, 5) is 9.35. The van der Waals surface area contributed by atoms with Crippen LogP contribution in [0.1, 0.15) is 25.1 Å². The molecule has 0 amide bonds. The molecule has 0 bridgehead atoms. The van der Waals surface area contributed by atoms with Gasteiger partial charge in [0.15, 0.2) is 0 Å². The van der Waals surface area contributed by atoms with Gasteiger partial charge in [0.25, 0.3) is 0 Å². The molecule has 0 radical (unpaired) electrons. The lowest BCUT2D eigenvalue weighted by atomic mass is 10.1. The third-order valence-electron chi connectivity index (χ3n) is 4.03. The summed E-state index contributed by atoms with van der Waals surface area (Å²) in [7, 11) is 2.18. The van der Waals surface area contributed by atoms with E-state index in [2.05, 4.69) is 35.7 Å². The Labute approximate surface area is 109 Å². The summed E-state index contributed by atoms with van der Waals surface area (Å²) in [5, 5.41) is 9.18. The summed E-state index contributed by atoms with van der Waals surface area (Å²) in [6.07, 6.45) is 0. The lowest BCUT2D eigenvalue weighted by molar-refractivity contribution is 0.169. The number of piperazine rings is 1. The second-order valence-electron chi connectivity index (χ2n) is 5.34. The average Bonchev–Trinajstić information content (AvgIpc) is 2.35. The molecule has 4 heteroatoms. The van der Waals surface area contributed by atoms with Gasteiger partial charge in [-0.2, -0.15) is 0 Å². The Balaban J connectivity index is 2.19. The van der Waals surface area contributed by atoms with Crippen LogP contribution in [0, 0.1) is 6.92 Å². The van der Waals surface area contributed by atoms with Crippen LogP contribution in [0.15, 0.2) is 12.1 Å². The van der Waals surface area contributed by atoms with Gasteiger partial charge in [-0.15, -0.1) is 0 Å². The van der Waals surface area contributed by atoms with Gasteiger partial charge in [-0.3, -0.25) is 4.90 Å². The third kappa shape index (κ3) is 2.49. The van der Waals surface area contributed by atoms with Crippen molar-refractivity contribution in [1.82, 2.24) is 9.88 Å². The van der Waals surface area contributed by atoms with Gasteiger partial charge >= 0.3 is 0 Å². The van der Waals surface area contributed by atoms with Gasteiger partial charge in [0.05, 0.1) is 6.61 Å². The number of pyridine rings is 1. The van der Waals surface area contributed by atoms with Crippen LogP contribution < -0.4 is 4.90 Å². The van der Waals surface area contributed by atoms with Gasteiger partial charge in [-0.25, -0.2) is 4.98 Å². The SMILES string of the molecule is Cc1nc(N2CC(C)N(C)C(C)C2)ccc1CO. The van der Waals surface area contributed by atoms with E-state index in [1.165, 1.54) is 0 Å². The van der Waals surface area contributed by atoms with E-state index in [1.807, 2.05) is 19.1 Å². The fourth-order valence-electron chi connectivity index (χ4n) is 2.51. The quantitative estimate of drug-likeness (QED) is 0.860. The molecular formula is C14H23N3O. The number of rotatable bonds is 2. The normalized spacial score (nSPS) is 25.5. The van der Waals surface area contributed by atoms with Crippen LogP contribution in [0.25, 0.3) is 0 Å². The second-order valence-corrected chi connectivity index (χ2v) is 5.34. The monoisotopic (exact) mass is 249 g/mol. The van der Waals surface area contributed by atoms with Gasteiger partial charge in [-0.1, -0.05) is 6.07 Å². The molecule has 2 heterocycles. The van der Waals surface area contributed by atoms with Crippen molar-refractivity contribution in [3.05, 3.63) is 23.4 Å². The van der Waals surface area contributed by atoms with Crippen LogP contribution in [0.5, 0.6) is 0 Å². The molecule has 1 aliphatic heterocycles. The molecule has 1 fully saturated rings. The number of hydrogen-bond acceptors (Lipinski definition) is 4. The molecule has 18 heavy (non-hydrogen) atoms. The van der Waals surface area contributed by atoms with E-state index in [9.17, 15) is 5.11 Å². The Kier molecular flexibility index (Phi) is 3.88. The van der Waals surface area contributed by atoms with E-state index >= 15 is 0 Å². The lowest BCUT2D eigenvalue weighted by Crippen LogP contribution is -2.55. The van der Waals surface area contributed by atoms with Crippen LogP contribution in [0.2, 0.25) is 0 Å². The highest BCUT2D eigenvalue weighted by atomic mass is 16.3. The van der Waals surface area contributed by atoms with Gasteiger partial charge in [0.1, 0.15) is 5.82 Å². The van der Waals surface area contributed by atoms with Crippen LogP contribution in [-0.4, -0.2) is 47.2 Å². The molecule has 1 N–H and O–H groups in total. The molecule has 0 aromatic carbocycles. The molecular weight excluding hydrogens is 226 g/mol. The molecule has 0 aliphatic carbocycles. The maximum atomic E-state index is 9.18. The topological polar surface area (TPSA) is 39.6 Å². The Bertz CT molecular complexity index is 410. The van der Waals surface area contributed by atoms with Crippen molar-refractivity contribution in [3.8, 4) is 0 Å². The molecule has 1 aromatic heterocycles. The van der Waals surface area contributed by atoms with Gasteiger partial charge < -0.3 is 10.0 Å². The van der Waals surface area contributed by atoms with Crippen molar-refractivity contribution in [1.29, 1.82) is 0 Å². The Morgan fingerprint density at radius 1 is 1.28 bits per heavy atom. The van der Waals surface area contributed by atoms with Crippen molar-refractivity contribution < 1.29 is 5.11 Å². The highest BCUT2D eigenvalue weighted by molar-refractivity contribution is 5.42. The fraction of sp³-hybridized carbons (Fsp3) is 0.643. The maximum Gasteiger partial charge on any atom is 0.128 e. The number of hydrogen-bond donors (Lipinski definition) is 1. The standard InChI is InChI=1S/C14H23N3O/c1-10-7-17(8-11(2)16(10)4)14-6-5-13(9-18)12(3)15-14/h5-6,10-11,18H,7-9H2,1-4H3. The minimum Gasteiger partial charge on any atom is -0.392 e. The summed E-state index contributed by atoms with van der Waals surface area (Å²) in [5.41, 5.74) is 1.84. The van der Waals surface area contributed by atoms with Crippen LogP contribution in [-0.2, 0) is 6.61 Å². The first-order valence-electron chi connectivity index (χ1n) is 6.57. The number of anilines is 1. The highest BCUT2D eigenvalue weighted by Crippen LogP contribution is 2.21. The zero-order chi connectivity index (χ0) is 13.3. The number of aliphatic hydroxyl groups excluding tert-OH is 1. The van der Waals surface area contributed by atoms with Crippen molar-refractivity contribution in [3.63, 3.8) is 0 Å². The zero-order valence-electron chi connectivity index (χ0n) is 11.7. The predicted molar refractivity (Wildman–Crippen MR) is 73.8 cm³/mol.